The number of aryl methyl sites for hydroxylation is 5. The van der Waals surface area contributed by atoms with E-state index in [0.717, 1.165) is 45.7 Å². The Morgan fingerprint density at radius 1 is 1.09 bits per heavy atom. The number of carbonyl (C=O) groups is 1. The van der Waals surface area contributed by atoms with Crippen LogP contribution in [0.25, 0.3) is 15.9 Å². The van der Waals surface area contributed by atoms with Gasteiger partial charge in [-0.05, 0) is 62.9 Å². The van der Waals surface area contributed by atoms with Gasteiger partial charge in [-0.2, -0.15) is 0 Å². The number of carbonyl (C=O) groups excluding carboxylic acids is 1. The summed E-state index contributed by atoms with van der Waals surface area (Å²) in [7, 11) is 0. The number of thiophene rings is 1. The Kier molecular flexibility index (Phi) is 7.24. The molecule has 0 fully saturated rings. The van der Waals surface area contributed by atoms with E-state index in [0.29, 0.717) is 10.5 Å². The molecule has 0 radical (unpaired) electrons. The molecule has 0 saturated carbocycles. The van der Waals surface area contributed by atoms with Crippen LogP contribution in [-0.2, 0) is 11.2 Å². The normalized spacial score (nSPS) is 11.2. The summed E-state index contributed by atoms with van der Waals surface area (Å²) in [4.78, 5) is 33.3. The Hall–Kier alpha value is -2.90. The molecule has 7 heteroatoms. The van der Waals surface area contributed by atoms with Gasteiger partial charge in [0.2, 0.25) is 5.91 Å². The lowest BCUT2D eigenvalue weighted by Crippen LogP contribution is -2.23. The first kappa shape index (κ1) is 24.2. The maximum atomic E-state index is 13.7. The molecule has 0 aliphatic rings. The number of para-hydroxylation sites is 1. The van der Waals surface area contributed by atoms with Crippen molar-refractivity contribution >= 4 is 44.9 Å². The topological polar surface area (TPSA) is 64.0 Å². The minimum absolute atomic E-state index is 0.0829. The average molecular weight is 492 g/mol. The molecule has 0 saturated heterocycles. The van der Waals surface area contributed by atoms with Crippen molar-refractivity contribution in [1.29, 1.82) is 0 Å². The molecule has 34 heavy (non-hydrogen) atoms. The molecule has 1 amide bonds. The highest BCUT2D eigenvalue weighted by Crippen LogP contribution is 2.31. The monoisotopic (exact) mass is 491 g/mol. The van der Waals surface area contributed by atoms with E-state index in [1.165, 1.54) is 22.2 Å². The zero-order chi connectivity index (χ0) is 24.4. The summed E-state index contributed by atoms with van der Waals surface area (Å²) in [6, 6.07) is 13.6. The summed E-state index contributed by atoms with van der Waals surface area (Å²) >= 11 is 2.87. The van der Waals surface area contributed by atoms with Crippen LogP contribution < -0.4 is 10.9 Å². The lowest BCUT2D eigenvalue weighted by Gasteiger charge is -2.14. The maximum Gasteiger partial charge on any atom is 0.267 e. The van der Waals surface area contributed by atoms with Gasteiger partial charge in [0.15, 0.2) is 5.16 Å². The Bertz CT molecular complexity index is 1400. The standard InChI is InChI=1S/C27H29N3O2S2/c1-6-10-21-19(5)23-25(34-21)29-27(30(26(23)32)20-11-8-7-9-12-20)33-15-22(31)28-24-17(3)13-16(2)14-18(24)4/h7-9,11-14H,6,10,15H2,1-5H3,(H,28,31). The van der Waals surface area contributed by atoms with E-state index < -0.39 is 0 Å². The summed E-state index contributed by atoms with van der Waals surface area (Å²) in [5.41, 5.74) is 5.77. The predicted octanol–water partition coefficient (Wildman–Crippen LogP) is 6.36. The third-order valence-electron chi connectivity index (χ3n) is 5.80. The number of fused-ring (bicyclic) bond motifs is 1. The summed E-state index contributed by atoms with van der Waals surface area (Å²) in [6.45, 7) is 10.2. The van der Waals surface area contributed by atoms with Gasteiger partial charge in [0.25, 0.3) is 5.56 Å². The van der Waals surface area contributed by atoms with E-state index in [2.05, 4.69) is 24.4 Å². The van der Waals surface area contributed by atoms with E-state index in [9.17, 15) is 9.59 Å². The van der Waals surface area contributed by atoms with Gasteiger partial charge in [-0.15, -0.1) is 11.3 Å². The molecular weight excluding hydrogens is 462 g/mol. The predicted molar refractivity (Wildman–Crippen MR) is 144 cm³/mol. The van der Waals surface area contributed by atoms with Crippen LogP contribution in [0.1, 0.15) is 40.5 Å². The van der Waals surface area contributed by atoms with Crippen LogP contribution >= 0.6 is 23.1 Å². The van der Waals surface area contributed by atoms with Crippen molar-refractivity contribution in [2.24, 2.45) is 0 Å². The molecule has 4 aromatic rings. The highest BCUT2D eigenvalue weighted by Gasteiger charge is 2.20. The maximum absolute atomic E-state index is 13.7. The van der Waals surface area contributed by atoms with Crippen LogP contribution in [0, 0.1) is 27.7 Å². The number of hydrogen-bond acceptors (Lipinski definition) is 5. The van der Waals surface area contributed by atoms with Crippen molar-refractivity contribution in [3.05, 3.63) is 79.9 Å². The minimum atomic E-state index is -0.122. The van der Waals surface area contributed by atoms with Gasteiger partial charge in [-0.3, -0.25) is 14.2 Å². The summed E-state index contributed by atoms with van der Waals surface area (Å²) in [5.74, 6) is 0.0343. The van der Waals surface area contributed by atoms with Crippen LogP contribution in [-0.4, -0.2) is 21.2 Å². The first-order chi connectivity index (χ1) is 16.3. The van der Waals surface area contributed by atoms with Crippen molar-refractivity contribution in [3.8, 4) is 5.69 Å². The molecule has 176 valence electrons. The zero-order valence-electron chi connectivity index (χ0n) is 20.2. The zero-order valence-corrected chi connectivity index (χ0v) is 21.8. The summed E-state index contributed by atoms with van der Waals surface area (Å²) in [5, 5.41) is 4.25. The van der Waals surface area contributed by atoms with Crippen LogP contribution in [0.15, 0.2) is 52.4 Å². The van der Waals surface area contributed by atoms with E-state index in [4.69, 9.17) is 4.98 Å². The van der Waals surface area contributed by atoms with E-state index in [-0.39, 0.29) is 17.2 Å². The fraction of sp³-hybridized carbons (Fsp3) is 0.296. The van der Waals surface area contributed by atoms with Crippen molar-refractivity contribution in [1.82, 2.24) is 9.55 Å². The molecule has 2 heterocycles. The Morgan fingerprint density at radius 3 is 2.41 bits per heavy atom. The molecule has 2 aromatic heterocycles. The molecule has 4 rings (SSSR count). The second-order valence-corrected chi connectivity index (χ2v) is 10.6. The first-order valence-electron chi connectivity index (χ1n) is 11.4. The van der Waals surface area contributed by atoms with Crippen LogP contribution in [0.5, 0.6) is 0 Å². The van der Waals surface area contributed by atoms with E-state index >= 15 is 0 Å². The van der Waals surface area contributed by atoms with Gasteiger partial charge in [-0.1, -0.05) is 61.0 Å². The molecule has 0 aliphatic carbocycles. The number of nitrogens with zero attached hydrogens (tertiary/aromatic N) is 2. The fourth-order valence-electron chi connectivity index (χ4n) is 4.26. The SMILES string of the molecule is CCCc1sc2nc(SCC(=O)Nc3c(C)cc(C)cc3C)n(-c3ccccc3)c(=O)c2c1C. The molecule has 1 N–H and O–H groups in total. The summed E-state index contributed by atoms with van der Waals surface area (Å²) in [6.07, 6.45) is 1.94. The van der Waals surface area contributed by atoms with E-state index in [1.54, 1.807) is 15.9 Å². The van der Waals surface area contributed by atoms with Crippen LogP contribution in [0.4, 0.5) is 5.69 Å². The lowest BCUT2D eigenvalue weighted by atomic mass is 10.1. The van der Waals surface area contributed by atoms with Gasteiger partial charge in [-0.25, -0.2) is 4.98 Å². The van der Waals surface area contributed by atoms with Crippen LogP contribution in [0.3, 0.4) is 0 Å². The number of amides is 1. The number of rotatable bonds is 7. The number of anilines is 1. The fourth-order valence-corrected chi connectivity index (χ4v) is 6.39. The van der Waals surface area contributed by atoms with Crippen molar-refractivity contribution in [2.45, 2.75) is 52.6 Å². The molecular formula is C27H29N3O2S2. The smallest absolute Gasteiger partial charge is 0.267 e. The molecule has 0 bridgehead atoms. The second kappa shape index (κ2) is 10.2. The Morgan fingerprint density at radius 2 is 1.76 bits per heavy atom. The van der Waals surface area contributed by atoms with E-state index in [1.807, 2.05) is 58.0 Å². The quantitative estimate of drug-likeness (QED) is 0.241. The van der Waals surface area contributed by atoms with Crippen molar-refractivity contribution in [2.75, 3.05) is 11.1 Å². The molecule has 5 nitrogen and oxygen atoms in total. The molecule has 0 unspecified atom stereocenters. The Balaban J connectivity index is 1.70. The number of hydrogen-bond donors (Lipinski definition) is 1. The second-order valence-electron chi connectivity index (χ2n) is 8.56. The first-order valence-corrected chi connectivity index (χ1v) is 13.2. The number of thioether (sulfide) groups is 1. The molecule has 0 atom stereocenters. The summed E-state index contributed by atoms with van der Waals surface area (Å²) < 4.78 is 1.64. The molecule has 2 aromatic carbocycles. The number of aromatic nitrogens is 2. The number of benzene rings is 2. The van der Waals surface area contributed by atoms with Crippen LogP contribution in [0.2, 0.25) is 0 Å². The van der Waals surface area contributed by atoms with Gasteiger partial charge < -0.3 is 5.32 Å². The molecule has 0 aliphatic heterocycles. The highest BCUT2D eigenvalue weighted by atomic mass is 32.2. The van der Waals surface area contributed by atoms with Gasteiger partial charge in [0, 0.05) is 10.6 Å². The highest BCUT2D eigenvalue weighted by molar-refractivity contribution is 7.99. The molecule has 0 spiro atoms. The lowest BCUT2D eigenvalue weighted by molar-refractivity contribution is -0.113. The number of nitrogens with one attached hydrogen (secondary N) is 1. The van der Waals surface area contributed by atoms with Crippen molar-refractivity contribution in [3.63, 3.8) is 0 Å². The van der Waals surface area contributed by atoms with Gasteiger partial charge >= 0.3 is 0 Å². The largest absolute Gasteiger partial charge is 0.325 e. The van der Waals surface area contributed by atoms with Crippen molar-refractivity contribution < 1.29 is 4.79 Å². The van der Waals surface area contributed by atoms with Gasteiger partial charge in [0.05, 0.1) is 16.8 Å². The average Bonchev–Trinajstić information content (AvgIpc) is 3.11. The third-order valence-corrected chi connectivity index (χ3v) is 7.98. The Labute approximate surface area is 208 Å². The third kappa shape index (κ3) is 4.81. The minimum Gasteiger partial charge on any atom is -0.325 e. The van der Waals surface area contributed by atoms with Gasteiger partial charge in [0.1, 0.15) is 4.83 Å².